The van der Waals surface area contributed by atoms with E-state index >= 15 is 0 Å². The first kappa shape index (κ1) is 12.7. The summed E-state index contributed by atoms with van der Waals surface area (Å²) in [7, 11) is 1.92. The number of benzene rings is 1. The summed E-state index contributed by atoms with van der Waals surface area (Å²) >= 11 is 0. The molecule has 0 radical (unpaired) electrons. The van der Waals surface area contributed by atoms with Crippen molar-refractivity contribution >= 4 is 16.9 Å². The largest absolute Gasteiger partial charge is 0.478 e. The van der Waals surface area contributed by atoms with Crippen LogP contribution in [0.4, 0.5) is 0 Å². The summed E-state index contributed by atoms with van der Waals surface area (Å²) in [5.41, 5.74) is 4.58. The molecule has 0 aliphatic rings. The number of carboxylic acid groups (broad SMARTS) is 1. The van der Waals surface area contributed by atoms with E-state index in [0.29, 0.717) is 11.5 Å². The van der Waals surface area contributed by atoms with Crippen molar-refractivity contribution in [1.82, 2.24) is 4.57 Å². The molecule has 0 atom stereocenters. The fraction of sp³-hybridized carbons (Fsp3) is 0.400. The van der Waals surface area contributed by atoms with Gasteiger partial charge in [-0.25, -0.2) is 4.79 Å². The lowest BCUT2D eigenvalue weighted by atomic mass is 9.97. The van der Waals surface area contributed by atoms with Crippen molar-refractivity contribution in [2.45, 2.75) is 33.6 Å². The Morgan fingerprint density at radius 3 is 2.39 bits per heavy atom. The molecule has 0 aliphatic carbocycles. The highest BCUT2D eigenvalue weighted by molar-refractivity contribution is 6.04. The SMILES string of the molecule is Cc1c(C)n(C)c2c(C(=O)O)cc(C(C)C)cc12. The molecular formula is C15H19NO2. The van der Waals surface area contributed by atoms with Crippen LogP contribution in [0.2, 0.25) is 0 Å². The Morgan fingerprint density at radius 2 is 1.89 bits per heavy atom. The third-order valence-electron chi connectivity index (χ3n) is 3.81. The molecule has 0 amide bonds. The van der Waals surface area contributed by atoms with Gasteiger partial charge in [-0.3, -0.25) is 0 Å². The first-order chi connectivity index (χ1) is 8.34. The van der Waals surface area contributed by atoms with Crippen LogP contribution in [0.5, 0.6) is 0 Å². The van der Waals surface area contributed by atoms with Gasteiger partial charge in [-0.05, 0) is 43.0 Å². The summed E-state index contributed by atoms with van der Waals surface area (Å²) in [6, 6.07) is 3.92. The van der Waals surface area contributed by atoms with Crippen molar-refractivity contribution in [3.8, 4) is 0 Å². The van der Waals surface area contributed by atoms with Gasteiger partial charge in [0.05, 0.1) is 11.1 Å². The van der Waals surface area contributed by atoms with E-state index in [9.17, 15) is 9.90 Å². The van der Waals surface area contributed by atoms with Gasteiger partial charge >= 0.3 is 5.97 Å². The average molecular weight is 245 g/mol. The molecule has 0 bridgehead atoms. The minimum Gasteiger partial charge on any atom is -0.478 e. The van der Waals surface area contributed by atoms with Gasteiger partial charge in [0.15, 0.2) is 0 Å². The number of aromatic carboxylic acids is 1. The number of hydrogen-bond donors (Lipinski definition) is 1. The summed E-state index contributed by atoms with van der Waals surface area (Å²) in [6.45, 7) is 8.24. The van der Waals surface area contributed by atoms with Gasteiger partial charge in [-0.15, -0.1) is 0 Å². The van der Waals surface area contributed by atoms with E-state index in [2.05, 4.69) is 19.9 Å². The van der Waals surface area contributed by atoms with Crippen LogP contribution >= 0.6 is 0 Å². The van der Waals surface area contributed by atoms with Crippen molar-refractivity contribution in [2.75, 3.05) is 0 Å². The molecule has 1 N–H and O–H groups in total. The number of rotatable bonds is 2. The second kappa shape index (κ2) is 4.16. The van der Waals surface area contributed by atoms with Crippen LogP contribution in [-0.2, 0) is 7.05 Å². The topological polar surface area (TPSA) is 42.2 Å². The molecule has 0 saturated carbocycles. The predicted molar refractivity (Wildman–Crippen MR) is 73.4 cm³/mol. The molecule has 1 aromatic carbocycles. The Balaban J connectivity index is 2.95. The molecule has 96 valence electrons. The number of fused-ring (bicyclic) bond motifs is 1. The molecule has 2 rings (SSSR count). The van der Waals surface area contributed by atoms with Gasteiger partial charge in [0.25, 0.3) is 0 Å². The highest BCUT2D eigenvalue weighted by Gasteiger charge is 2.18. The van der Waals surface area contributed by atoms with Crippen LogP contribution in [0.25, 0.3) is 10.9 Å². The highest BCUT2D eigenvalue weighted by atomic mass is 16.4. The molecule has 0 spiro atoms. The molecule has 2 aromatic rings. The Kier molecular flexibility index (Phi) is 2.93. The van der Waals surface area contributed by atoms with E-state index in [1.54, 1.807) is 6.07 Å². The van der Waals surface area contributed by atoms with E-state index in [0.717, 1.165) is 27.7 Å². The summed E-state index contributed by atoms with van der Waals surface area (Å²) in [5.74, 6) is -0.532. The smallest absolute Gasteiger partial charge is 0.337 e. The second-order valence-corrected chi connectivity index (χ2v) is 5.19. The van der Waals surface area contributed by atoms with E-state index in [1.165, 1.54) is 0 Å². The maximum absolute atomic E-state index is 11.4. The van der Waals surface area contributed by atoms with Crippen LogP contribution in [0.1, 0.15) is 46.9 Å². The van der Waals surface area contributed by atoms with E-state index in [1.807, 2.05) is 25.5 Å². The maximum atomic E-state index is 11.4. The summed E-state index contributed by atoms with van der Waals surface area (Å²) in [4.78, 5) is 11.4. The lowest BCUT2D eigenvalue weighted by Gasteiger charge is -2.09. The number of aryl methyl sites for hydroxylation is 2. The number of carbonyl (C=O) groups is 1. The molecule has 0 saturated heterocycles. The zero-order valence-electron chi connectivity index (χ0n) is 11.5. The van der Waals surface area contributed by atoms with Crippen LogP contribution < -0.4 is 0 Å². The minimum atomic E-state index is -0.858. The first-order valence-electron chi connectivity index (χ1n) is 6.17. The number of carboxylic acids is 1. The van der Waals surface area contributed by atoms with E-state index in [-0.39, 0.29) is 0 Å². The number of nitrogens with zero attached hydrogens (tertiary/aromatic N) is 1. The Hall–Kier alpha value is -1.77. The maximum Gasteiger partial charge on any atom is 0.337 e. The third kappa shape index (κ3) is 1.70. The quantitative estimate of drug-likeness (QED) is 0.878. The van der Waals surface area contributed by atoms with Gasteiger partial charge in [-0.2, -0.15) is 0 Å². The van der Waals surface area contributed by atoms with Gasteiger partial charge < -0.3 is 9.67 Å². The standard InChI is InChI=1S/C15H19NO2/c1-8(2)11-6-12-9(3)10(4)16(5)14(12)13(7-11)15(17)18/h6-8H,1-5H3,(H,17,18). The van der Waals surface area contributed by atoms with Crippen molar-refractivity contribution < 1.29 is 9.90 Å². The molecule has 0 aliphatic heterocycles. The molecule has 18 heavy (non-hydrogen) atoms. The highest BCUT2D eigenvalue weighted by Crippen LogP contribution is 2.31. The third-order valence-corrected chi connectivity index (χ3v) is 3.81. The molecule has 0 fully saturated rings. The summed E-state index contributed by atoms with van der Waals surface area (Å²) in [5, 5.41) is 10.5. The van der Waals surface area contributed by atoms with Gasteiger partial charge in [-0.1, -0.05) is 13.8 Å². The van der Waals surface area contributed by atoms with E-state index in [4.69, 9.17) is 0 Å². The fourth-order valence-corrected chi connectivity index (χ4v) is 2.41. The van der Waals surface area contributed by atoms with Gasteiger partial charge in [0.2, 0.25) is 0 Å². The molecule has 3 nitrogen and oxygen atoms in total. The predicted octanol–water partition coefficient (Wildman–Crippen LogP) is 3.62. The Morgan fingerprint density at radius 1 is 1.28 bits per heavy atom. The van der Waals surface area contributed by atoms with Gasteiger partial charge in [0.1, 0.15) is 0 Å². The number of hydrogen-bond acceptors (Lipinski definition) is 1. The fourth-order valence-electron chi connectivity index (χ4n) is 2.41. The van der Waals surface area contributed by atoms with Crippen LogP contribution in [0.3, 0.4) is 0 Å². The first-order valence-corrected chi connectivity index (χ1v) is 6.17. The Bertz CT molecular complexity index is 636. The molecule has 1 aromatic heterocycles. The van der Waals surface area contributed by atoms with Crippen LogP contribution in [0, 0.1) is 13.8 Å². The number of aromatic nitrogens is 1. The van der Waals surface area contributed by atoms with Gasteiger partial charge in [0, 0.05) is 18.1 Å². The molecule has 3 heteroatoms. The van der Waals surface area contributed by atoms with Crippen molar-refractivity contribution in [1.29, 1.82) is 0 Å². The second-order valence-electron chi connectivity index (χ2n) is 5.19. The normalized spacial score (nSPS) is 11.4. The van der Waals surface area contributed by atoms with Crippen molar-refractivity contribution in [2.24, 2.45) is 7.05 Å². The average Bonchev–Trinajstić information content (AvgIpc) is 2.53. The Labute approximate surface area is 107 Å². The molecule has 1 heterocycles. The van der Waals surface area contributed by atoms with Crippen LogP contribution in [-0.4, -0.2) is 15.6 Å². The van der Waals surface area contributed by atoms with E-state index < -0.39 is 5.97 Å². The zero-order chi connectivity index (χ0) is 13.6. The zero-order valence-corrected chi connectivity index (χ0v) is 11.5. The van der Waals surface area contributed by atoms with Crippen molar-refractivity contribution in [3.05, 3.63) is 34.5 Å². The summed E-state index contributed by atoms with van der Waals surface area (Å²) < 4.78 is 1.97. The van der Waals surface area contributed by atoms with Crippen molar-refractivity contribution in [3.63, 3.8) is 0 Å². The minimum absolute atomic E-state index is 0.326. The lowest BCUT2D eigenvalue weighted by molar-refractivity contribution is 0.0698. The summed E-state index contributed by atoms with van der Waals surface area (Å²) in [6.07, 6.45) is 0. The molecule has 0 unspecified atom stereocenters. The molecular weight excluding hydrogens is 226 g/mol. The lowest BCUT2D eigenvalue weighted by Crippen LogP contribution is -2.03. The monoisotopic (exact) mass is 245 g/mol. The van der Waals surface area contributed by atoms with Crippen LogP contribution in [0.15, 0.2) is 12.1 Å².